The van der Waals surface area contributed by atoms with Crippen molar-refractivity contribution >= 4 is 28.5 Å². The number of ether oxygens (including phenoxy) is 2. The zero-order valence-electron chi connectivity index (χ0n) is 13.5. The number of thiazole rings is 1. The Morgan fingerprint density at radius 1 is 1.38 bits per heavy atom. The van der Waals surface area contributed by atoms with Gasteiger partial charge in [-0.2, -0.15) is 5.10 Å². The topological polar surface area (TPSA) is 81.8 Å². The molecular weight excluding hydrogens is 324 g/mol. The van der Waals surface area contributed by atoms with Crippen molar-refractivity contribution in [3.8, 4) is 11.5 Å². The van der Waals surface area contributed by atoms with Crippen molar-refractivity contribution in [3.05, 3.63) is 53.9 Å². The molecule has 0 aliphatic rings. The van der Waals surface area contributed by atoms with Crippen molar-refractivity contribution in [2.45, 2.75) is 6.42 Å². The summed E-state index contributed by atoms with van der Waals surface area (Å²) in [7, 11) is 1.60. The van der Waals surface area contributed by atoms with Crippen molar-refractivity contribution in [1.29, 1.82) is 0 Å². The highest BCUT2D eigenvalue weighted by Gasteiger charge is 2.11. The molecule has 7 heteroatoms. The van der Waals surface area contributed by atoms with Crippen LogP contribution in [0.1, 0.15) is 11.1 Å². The van der Waals surface area contributed by atoms with E-state index in [0.717, 1.165) is 11.1 Å². The molecule has 1 aromatic carbocycles. The van der Waals surface area contributed by atoms with Crippen LogP contribution in [0.4, 0.5) is 10.9 Å². The van der Waals surface area contributed by atoms with Crippen LogP contribution in [-0.2, 0) is 6.42 Å². The molecule has 2 aromatic rings. The largest absolute Gasteiger partial charge is 0.493 e. The number of hydrogen-bond acceptors (Lipinski definition) is 7. The number of nitrogens with zero attached hydrogens (tertiary/aromatic N) is 2. The molecule has 0 unspecified atom stereocenters. The lowest BCUT2D eigenvalue weighted by Crippen LogP contribution is -2.02. The van der Waals surface area contributed by atoms with E-state index in [1.807, 2.05) is 18.2 Å². The summed E-state index contributed by atoms with van der Waals surface area (Å²) in [6, 6.07) is 3.83. The number of hydrazone groups is 1. The minimum absolute atomic E-state index is 0.404. The van der Waals surface area contributed by atoms with Crippen molar-refractivity contribution in [3.63, 3.8) is 0 Å². The zero-order valence-corrected chi connectivity index (χ0v) is 14.3. The lowest BCUT2D eigenvalue weighted by molar-refractivity contribution is 0.323. The predicted molar refractivity (Wildman–Crippen MR) is 100 cm³/mol. The predicted octanol–water partition coefficient (Wildman–Crippen LogP) is 3.47. The summed E-state index contributed by atoms with van der Waals surface area (Å²) in [4.78, 5) is 4.07. The summed E-state index contributed by atoms with van der Waals surface area (Å²) in [5.74, 6) is 1.79. The second kappa shape index (κ2) is 8.73. The van der Waals surface area contributed by atoms with Crippen LogP contribution in [0.15, 0.2) is 47.9 Å². The molecule has 1 heterocycles. The van der Waals surface area contributed by atoms with Crippen molar-refractivity contribution < 1.29 is 9.47 Å². The summed E-state index contributed by atoms with van der Waals surface area (Å²) in [5, 5.41) is 6.55. The third-order valence-corrected chi connectivity index (χ3v) is 3.74. The smallest absolute Gasteiger partial charge is 0.205 e. The standard InChI is InChI=1S/C17H20N4O2S/c1-4-6-13-8-12(9-14(22-3)16(13)23-7-5-2)10-19-21-17-20-15(18)11-24-17/h4-5,8-11H,1-2,6-7,18H2,3H3,(H,20,21). The number of hydrogen-bond donors (Lipinski definition) is 2. The highest BCUT2D eigenvalue weighted by molar-refractivity contribution is 7.14. The third-order valence-electron chi connectivity index (χ3n) is 2.98. The Morgan fingerprint density at radius 3 is 2.83 bits per heavy atom. The molecular formula is C17H20N4O2S. The Bertz CT molecular complexity index is 740. The number of allylic oxidation sites excluding steroid dienone is 1. The number of aromatic nitrogens is 1. The first kappa shape index (κ1) is 17.6. The minimum atomic E-state index is 0.404. The minimum Gasteiger partial charge on any atom is -0.493 e. The van der Waals surface area contributed by atoms with Gasteiger partial charge in [-0.05, 0) is 24.1 Å². The van der Waals surface area contributed by atoms with Crippen LogP contribution in [0, 0.1) is 0 Å². The lowest BCUT2D eigenvalue weighted by Gasteiger charge is -2.14. The summed E-state index contributed by atoms with van der Waals surface area (Å²) < 4.78 is 11.2. The van der Waals surface area contributed by atoms with Crippen LogP contribution in [0.3, 0.4) is 0 Å². The van der Waals surface area contributed by atoms with Gasteiger partial charge in [0.25, 0.3) is 0 Å². The molecule has 0 saturated carbocycles. The first-order valence-corrected chi connectivity index (χ1v) is 8.11. The van der Waals surface area contributed by atoms with Gasteiger partial charge in [0.2, 0.25) is 5.13 Å². The second-order valence-corrected chi connectivity index (χ2v) is 5.61. The van der Waals surface area contributed by atoms with E-state index < -0.39 is 0 Å². The Hall–Kier alpha value is -2.80. The number of nitrogens with one attached hydrogen (secondary N) is 1. The highest BCUT2D eigenvalue weighted by atomic mass is 32.1. The molecule has 0 atom stereocenters. The summed E-state index contributed by atoms with van der Waals surface area (Å²) >= 11 is 1.39. The van der Waals surface area contributed by atoms with Crippen LogP contribution in [0.2, 0.25) is 0 Å². The normalized spacial score (nSPS) is 10.5. The Labute approximate surface area is 145 Å². The molecule has 0 aliphatic carbocycles. The quantitative estimate of drug-likeness (QED) is 0.413. The van der Waals surface area contributed by atoms with Gasteiger partial charge in [0.05, 0.1) is 13.3 Å². The highest BCUT2D eigenvalue weighted by Crippen LogP contribution is 2.33. The molecule has 0 bridgehead atoms. The average Bonchev–Trinajstić information content (AvgIpc) is 2.99. The molecule has 24 heavy (non-hydrogen) atoms. The second-order valence-electron chi connectivity index (χ2n) is 4.75. The first-order chi connectivity index (χ1) is 11.7. The molecule has 0 saturated heterocycles. The fourth-order valence-electron chi connectivity index (χ4n) is 2.02. The Morgan fingerprint density at radius 2 is 2.21 bits per heavy atom. The molecule has 0 amide bonds. The monoisotopic (exact) mass is 344 g/mol. The molecule has 1 aromatic heterocycles. The van der Waals surface area contributed by atoms with Gasteiger partial charge in [0, 0.05) is 10.9 Å². The van der Waals surface area contributed by atoms with Crippen LogP contribution in [-0.4, -0.2) is 24.9 Å². The van der Waals surface area contributed by atoms with E-state index in [9.17, 15) is 0 Å². The average molecular weight is 344 g/mol. The molecule has 0 spiro atoms. The van der Waals surface area contributed by atoms with E-state index in [4.69, 9.17) is 15.2 Å². The van der Waals surface area contributed by atoms with Crippen molar-refractivity contribution in [1.82, 2.24) is 4.98 Å². The number of nitrogens with two attached hydrogens (primary N) is 1. The van der Waals surface area contributed by atoms with Gasteiger partial charge in [0.15, 0.2) is 11.5 Å². The van der Waals surface area contributed by atoms with E-state index >= 15 is 0 Å². The molecule has 3 N–H and O–H groups in total. The van der Waals surface area contributed by atoms with Crippen LogP contribution >= 0.6 is 11.3 Å². The molecule has 0 fully saturated rings. The van der Waals surface area contributed by atoms with Crippen LogP contribution < -0.4 is 20.6 Å². The van der Waals surface area contributed by atoms with Gasteiger partial charge >= 0.3 is 0 Å². The SMILES string of the molecule is C=CCOc1c(CC=C)cc(C=NNc2nc(N)cs2)cc1OC. The molecule has 126 valence electrons. The number of methoxy groups -OCH3 is 1. The summed E-state index contributed by atoms with van der Waals surface area (Å²) in [5.41, 5.74) is 10.2. The Kier molecular flexibility index (Phi) is 6.39. The maximum Gasteiger partial charge on any atom is 0.205 e. The van der Waals surface area contributed by atoms with E-state index in [1.165, 1.54) is 11.3 Å². The number of rotatable bonds is 9. The summed E-state index contributed by atoms with van der Waals surface area (Å²) in [6.45, 7) is 7.86. The maximum absolute atomic E-state index is 5.72. The lowest BCUT2D eigenvalue weighted by atomic mass is 10.1. The Balaban J connectivity index is 2.24. The zero-order chi connectivity index (χ0) is 17.4. The van der Waals surface area contributed by atoms with Gasteiger partial charge in [0.1, 0.15) is 12.4 Å². The van der Waals surface area contributed by atoms with E-state index in [0.29, 0.717) is 35.5 Å². The molecule has 0 aliphatic heterocycles. The van der Waals surface area contributed by atoms with Crippen molar-refractivity contribution in [2.24, 2.45) is 5.10 Å². The van der Waals surface area contributed by atoms with Gasteiger partial charge in [-0.1, -0.05) is 18.7 Å². The van der Waals surface area contributed by atoms with Gasteiger partial charge < -0.3 is 15.2 Å². The number of nitrogen functional groups attached to an aromatic ring is 1. The van der Waals surface area contributed by atoms with E-state index in [2.05, 4.69) is 28.7 Å². The van der Waals surface area contributed by atoms with Gasteiger partial charge in [-0.25, -0.2) is 4.98 Å². The molecule has 2 rings (SSSR count). The van der Waals surface area contributed by atoms with Crippen LogP contribution in [0.5, 0.6) is 11.5 Å². The fourth-order valence-corrected chi connectivity index (χ4v) is 2.57. The summed E-state index contributed by atoms with van der Waals surface area (Å²) in [6.07, 6.45) is 5.84. The van der Waals surface area contributed by atoms with E-state index in [1.54, 1.807) is 24.8 Å². The first-order valence-electron chi connectivity index (χ1n) is 7.23. The third kappa shape index (κ3) is 4.60. The van der Waals surface area contributed by atoms with Crippen molar-refractivity contribution in [2.75, 3.05) is 24.9 Å². The molecule has 0 radical (unpaired) electrons. The van der Waals surface area contributed by atoms with Crippen LogP contribution in [0.25, 0.3) is 0 Å². The fraction of sp³-hybridized carbons (Fsp3) is 0.176. The van der Waals surface area contributed by atoms with E-state index in [-0.39, 0.29) is 0 Å². The van der Waals surface area contributed by atoms with Gasteiger partial charge in [-0.15, -0.1) is 17.9 Å². The number of benzene rings is 1. The number of anilines is 2. The maximum atomic E-state index is 5.72. The van der Waals surface area contributed by atoms with Gasteiger partial charge in [-0.3, -0.25) is 5.43 Å². The molecule has 6 nitrogen and oxygen atoms in total.